The molecule has 0 aliphatic rings. The maximum Gasteiger partial charge on any atom is 0.406 e. The number of para-hydroxylation sites is 1. The monoisotopic (exact) mass is 451 g/mol. The number of rotatable bonds is 9. The van der Waals surface area contributed by atoms with Crippen molar-refractivity contribution in [2.24, 2.45) is 0 Å². The van der Waals surface area contributed by atoms with Crippen LogP contribution in [0.5, 0.6) is 5.75 Å². The Morgan fingerprint density at radius 1 is 1.16 bits per heavy atom. The summed E-state index contributed by atoms with van der Waals surface area (Å²) >= 11 is 0. The van der Waals surface area contributed by atoms with E-state index in [4.69, 9.17) is 13.9 Å². The first-order chi connectivity index (χ1) is 15.3. The Kier molecular flexibility index (Phi) is 7.18. The predicted molar refractivity (Wildman–Crippen MR) is 105 cm³/mol. The van der Waals surface area contributed by atoms with Crippen LogP contribution >= 0.6 is 0 Å². The highest BCUT2D eigenvalue weighted by Gasteiger charge is 2.34. The van der Waals surface area contributed by atoms with Crippen molar-refractivity contribution in [3.05, 3.63) is 66.4 Å². The Morgan fingerprint density at radius 2 is 1.91 bits per heavy atom. The van der Waals surface area contributed by atoms with Gasteiger partial charge in [0.05, 0.1) is 31.3 Å². The Morgan fingerprint density at radius 3 is 2.53 bits per heavy atom. The maximum absolute atomic E-state index is 13.0. The van der Waals surface area contributed by atoms with E-state index in [1.807, 2.05) is 0 Å². The van der Waals surface area contributed by atoms with Gasteiger partial charge in [-0.2, -0.15) is 18.3 Å². The SMILES string of the molecule is CCOC(=O)c1nn(-c2ccccc2)cc1OCC(=O)N(Cc1ccco1)CC(F)(F)F. The predicted octanol–water partition coefficient (Wildman–Crippen LogP) is 3.61. The lowest BCUT2D eigenvalue weighted by atomic mass is 10.3. The average Bonchev–Trinajstić information content (AvgIpc) is 3.41. The number of furan rings is 1. The molecule has 8 nitrogen and oxygen atoms in total. The van der Waals surface area contributed by atoms with E-state index in [1.54, 1.807) is 37.3 Å². The number of ether oxygens (including phenoxy) is 2. The molecule has 3 rings (SSSR count). The van der Waals surface area contributed by atoms with Crippen LogP contribution < -0.4 is 4.74 Å². The minimum atomic E-state index is -4.61. The van der Waals surface area contributed by atoms with Crippen LogP contribution in [-0.4, -0.2) is 52.5 Å². The highest BCUT2D eigenvalue weighted by molar-refractivity contribution is 5.90. The molecule has 0 bridgehead atoms. The highest BCUT2D eigenvalue weighted by atomic mass is 19.4. The van der Waals surface area contributed by atoms with Gasteiger partial charge in [-0.25, -0.2) is 9.48 Å². The molecule has 0 radical (unpaired) electrons. The number of carbonyl (C=O) groups is 2. The summed E-state index contributed by atoms with van der Waals surface area (Å²) in [4.78, 5) is 25.3. The molecule has 11 heteroatoms. The molecule has 0 aliphatic heterocycles. The molecule has 2 heterocycles. The van der Waals surface area contributed by atoms with Crippen LogP contribution in [0.2, 0.25) is 0 Å². The minimum Gasteiger partial charge on any atom is -0.480 e. The lowest BCUT2D eigenvalue weighted by molar-refractivity contribution is -0.164. The van der Waals surface area contributed by atoms with E-state index in [-0.39, 0.29) is 30.4 Å². The summed E-state index contributed by atoms with van der Waals surface area (Å²) in [5.41, 5.74) is 0.410. The number of benzene rings is 1. The van der Waals surface area contributed by atoms with E-state index in [0.29, 0.717) is 10.6 Å². The van der Waals surface area contributed by atoms with Crippen LogP contribution in [0.3, 0.4) is 0 Å². The van der Waals surface area contributed by atoms with Crippen molar-refractivity contribution in [1.29, 1.82) is 0 Å². The first kappa shape index (κ1) is 22.9. The topological polar surface area (TPSA) is 86.8 Å². The van der Waals surface area contributed by atoms with Crippen molar-refractivity contribution < 1.29 is 36.7 Å². The molecular formula is C21H20F3N3O5. The summed E-state index contributed by atoms with van der Waals surface area (Å²) in [6, 6.07) is 11.7. The summed E-state index contributed by atoms with van der Waals surface area (Å²) in [7, 11) is 0. The van der Waals surface area contributed by atoms with Gasteiger partial charge in [0.15, 0.2) is 12.4 Å². The summed E-state index contributed by atoms with van der Waals surface area (Å²) in [5, 5.41) is 4.14. The maximum atomic E-state index is 13.0. The van der Waals surface area contributed by atoms with Crippen molar-refractivity contribution in [3.63, 3.8) is 0 Å². The standard InChI is InChI=1S/C21H20F3N3O5/c1-2-30-20(29)19-17(12-27(25-19)15-7-4-3-5-8-15)32-13-18(28)26(14-21(22,23)24)11-16-9-6-10-31-16/h3-10,12H,2,11,13-14H2,1H3. The third-order valence-corrected chi connectivity index (χ3v) is 4.17. The molecule has 0 unspecified atom stereocenters. The van der Waals surface area contributed by atoms with Gasteiger partial charge in [-0.05, 0) is 31.2 Å². The van der Waals surface area contributed by atoms with Gasteiger partial charge in [-0.15, -0.1) is 0 Å². The largest absolute Gasteiger partial charge is 0.480 e. The Labute approximate surface area is 181 Å². The highest BCUT2D eigenvalue weighted by Crippen LogP contribution is 2.22. The van der Waals surface area contributed by atoms with E-state index in [2.05, 4.69) is 5.10 Å². The number of halogens is 3. The van der Waals surface area contributed by atoms with Crippen LogP contribution in [0.15, 0.2) is 59.3 Å². The number of hydrogen-bond acceptors (Lipinski definition) is 6. The summed E-state index contributed by atoms with van der Waals surface area (Å²) in [5.74, 6) is -1.63. The second kappa shape index (κ2) is 10.0. The van der Waals surface area contributed by atoms with Gasteiger partial charge in [0.1, 0.15) is 12.3 Å². The second-order valence-electron chi connectivity index (χ2n) is 6.58. The molecule has 0 aliphatic carbocycles. The van der Waals surface area contributed by atoms with Crippen molar-refractivity contribution in [2.45, 2.75) is 19.6 Å². The molecule has 3 aromatic rings. The van der Waals surface area contributed by atoms with Crippen LogP contribution in [0.4, 0.5) is 13.2 Å². The lowest BCUT2D eigenvalue weighted by Gasteiger charge is -2.23. The Hall–Kier alpha value is -3.76. The summed E-state index contributed by atoms with van der Waals surface area (Å²) in [6.45, 7) is -0.923. The van der Waals surface area contributed by atoms with Gasteiger partial charge in [-0.1, -0.05) is 18.2 Å². The van der Waals surface area contributed by atoms with Gasteiger partial charge >= 0.3 is 12.1 Å². The fraction of sp³-hybridized carbons (Fsp3) is 0.286. The third kappa shape index (κ3) is 6.13. The Balaban J connectivity index is 1.79. The van der Waals surface area contributed by atoms with Gasteiger partial charge in [0.2, 0.25) is 5.69 Å². The smallest absolute Gasteiger partial charge is 0.406 e. The van der Waals surface area contributed by atoms with Crippen molar-refractivity contribution >= 4 is 11.9 Å². The number of aromatic nitrogens is 2. The van der Waals surface area contributed by atoms with Crippen LogP contribution in [0.1, 0.15) is 23.2 Å². The second-order valence-corrected chi connectivity index (χ2v) is 6.58. The molecular weight excluding hydrogens is 431 g/mol. The molecule has 0 saturated carbocycles. The van der Waals surface area contributed by atoms with Crippen LogP contribution in [0, 0.1) is 0 Å². The van der Waals surface area contributed by atoms with E-state index in [0.717, 1.165) is 0 Å². The van der Waals surface area contributed by atoms with Gasteiger partial charge in [0.25, 0.3) is 5.91 Å². The number of esters is 1. The Bertz CT molecular complexity index is 1030. The molecule has 0 fully saturated rings. The van der Waals surface area contributed by atoms with E-state index >= 15 is 0 Å². The zero-order valence-corrected chi connectivity index (χ0v) is 17.0. The quantitative estimate of drug-likeness (QED) is 0.462. The van der Waals surface area contributed by atoms with Crippen LogP contribution in [-0.2, 0) is 16.1 Å². The minimum absolute atomic E-state index is 0.0813. The van der Waals surface area contributed by atoms with E-state index in [1.165, 1.54) is 29.3 Å². The molecule has 1 amide bonds. The molecule has 1 aromatic carbocycles. The average molecular weight is 451 g/mol. The van der Waals surface area contributed by atoms with E-state index in [9.17, 15) is 22.8 Å². The number of nitrogens with zero attached hydrogens (tertiary/aromatic N) is 3. The zero-order chi connectivity index (χ0) is 23.1. The normalized spacial score (nSPS) is 11.2. The van der Waals surface area contributed by atoms with E-state index < -0.39 is 31.2 Å². The summed E-state index contributed by atoms with van der Waals surface area (Å²) < 4.78 is 55.7. The number of carbonyl (C=O) groups excluding carboxylic acids is 2. The zero-order valence-electron chi connectivity index (χ0n) is 17.0. The van der Waals surface area contributed by atoms with Crippen molar-refractivity contribution in [1.82, 2.24) is 14.7 Å². The van der Waals surface area contributed by atoms with Crippen molar-refractivity contribution in [2.75, 3.05) is 19.8 Å². The molecule has 0 N–H and O–H groups in total. The number of amides is 1. The molecule has 0 saturated heterocycles. The molecule has 32 heavy (non-hydrogen) atoms. The van der Waals surface area contributed by atoms with Crippen molar-refractivity contribution in [3.8, 4) is 11.4 Å². The third-order valence-electron chi connectivity index (χ3n) is 4.17. The van der Waals surface area contributed by atoms with Gasteiger partial charge < -0.3 is 18.8 Å². The molecule has 170 valence electrons. The first-order valence-electron chi connectivity index (χ1n) is 9.58. The fourth-order valence-electron chi connectivity index (χ4n) is 2.79. The number of alkyl halides is 3. The number of hydrogen-bond donors (Lipinski definition) is 0. The van der Waals surface area contributed by atoms with Gasteiger partial charge in [0, 0.05) is 0 Å². The van der Waals surface area contributed by atoms with Gasteiger partial charge in [-0.3, -0.25) is 4.79 Å². The molecule has 2 aromatic heterocycles. The first-order valence-corrected chi connectivity index (χ1v) is 9.58. The van der Waals surface area contributed by atoms with Crippen LogP contribution in [0.25, 0.3) is 5.69 Å². The molecule has 0 atom stereocenters. The summed E-state index contributed by atoms with van der Waals surface area (Å²) in [6.07, 6.45) is -1.96. The lowest BCUT2D eigenvalue weighted by Crippen LogP contribution is -2.40. The molecule has 0 spiro atoms. The fourth-order valence-corrected chi connectivity index (χ4v) is 2.79.